The van der Waals surface area contributed by atoms with Gasteiger partial charge in [0.2, 0.25) is 6.41 Å². The molecule has 2 heterocycles. The van der Waals surface area contributed by atoms with E-state index in [1.54, 1.807) is 11.3 Å². The lowest BCUT2D eigenvalue weighted by atomic mass is 10.2. The van der Waals surface area contributed by atoms with E-state index in [0.29, 0.717) is 25.5 Å². The summed E-state index contributed by atoms with van der Waals surface area (Å²) in [5.41, 5.74) is 1.98. The molecule has 1 aromatic heterocycles. The molecule has 0 radical (unpaired) electrons. The Morgan fingerprint density at radius 3 is 2.97 bits per heavy atom. The number of aromatic nitrogens is 1. The van der Waals surface area contributed by atoms with Gasteiger partial charge in [-0.15, -0.1) is 11.3 Å². The zero-order chi connectivity index (χ0) is 20.8. The summed E-state index contributed by atoms with van der Waals surface area (Å²) in [4.78, 5) is 19.3. The maximum atomic E-state index is 11.0. The van der Waals surface area contributed by atoms with Crippen LogP contribution in [-0.4, -0.2) is 50.9 Å². The Labute approximate surface area is 181 Å². The standard InChI is InChI=1S/C22H29N3O4S/c1-16-20(24-22(30-16)25-8-11-27-12-9-25)7-10-28-19-4-2-3-18(13-19)21(23-15-26)29-14-17-5-6-17/h2-4,13,15,17,21H,5-12,14H2,1H3,(H,23,26). The molecule has 1 aliphatic heterocycles. The highest BCUT2D eigenvalue weighted by Gasteiger charge is 2.24. The van der Waals surface area contributed by atoms with Gasteiger partial charge in [0.1, 0.15) is 5.75 Å². The summed E-state index contributed by atoms with van der Waals surface area (Å²) in [6.45, 7) is 6.65. The second-order valence-electron chi connectivity index (χ2n) is 7.71. The van der Waals surface area contributed by atoms with Crippen molar-refractivity contribution in [2.45, 2.75) is 32.4 Å². The largest absolute Gasteiger partial charge is 0.493 e. The summed E-state index contributed by atoms with van der Waals surface area (Å²) >= 11 is 1.74. The van der Waals surface area contributed by atoms with E-state index in [1.807, 2.05) is 24.3 Å². The van der Waals surface area contributed by atoms with Gasteiger partial charge in [-0.05, 0) is 37.8 Å². The molecular weight excluding hydrogens is 402 g/mol. The zero-order valence-electron chi connectivity index (χ0n) is 17.3. The van der Waals surface area contributed by atoms with Crippen LogP contribution in [0.5, 0.6) is 5.75 Å². The van der Waals surface area contributed by atoms with E-state index in [9.17, 15) is 4.79 Å². The van der Waals surface area contributed by atoms with E-state index in [1.165, 1.54) is 17.7 Å². The smallest absolute Gasteiger partial charge is 0.209 e. The number of carbonyl (C=O) groups is 1. The third kappa shape index (κ3) is 5.71. The first-order valence-electron chi connectivity index (χ1n) is 10.6. The van der Waals surface area contributed by atoms with Crippen LogP contribution in [0, 0.1) is 12.8 Å². The number of nitrogens with zero attached hydrogens (tertiary/aromatic N) is 2. The van der Waals surface area contributed by atoms with Crippen molar-refractivity contribution in [1.29, 1.82) is 0 Å². The van der Waals surface area contributed by atoms with Crippen LogP contribution in [0.25, 0.3) is 0 Å². The molecule has 1 aromatic carbocycles. The molecule has 2 aliphatic rings. The number of carbonyl (C=O) groups excluding carboxylic acids is 1. The van der Waals surface area contributed by atoms with Crippen LogP contribution in [0.2, 0.25) is 0 Å². The Morgan fingerprint density at radius 1 is 1.37 bits per heavy atom. The van der Waals surface area contributed by atoms with Crippen LogP contribution in [0.15, 0.2) is 24.3 Å². The molecule has 1 unspecified atom stereocenters. The number of hydrogen-bond acceptors (Lipinski definition) is 7. The number of thiazole rings is 1. The Balaban J connectivity index is 1.32. The average molecular weight is 432 g/mol. The highest BCUT2D eigenvalue weighted by Crippen LogP contribution is 2.31. The van der Waals surface area contributed by atoms with Crippen LogP contribution in [0.1, 0.15) is 35.2 Å². The van der Waals surface area contributed by atoms with Gasteiger partial charge in [0.25, 0.3) is 0 Å². The predicted molar refractivity (Wildman–Crippen MR) is 116 cm³/mol. The molecule has 1 saturated carbocycles. The number of amides is 1. The van der Waals surface area contributed by atoms with Crippen molar-refractivity contribution in [1.82, 2.24) is 10.3 Å². The lowest BCUT2D eigenvalue weighted by molar-refractivity contribution is -0.114. The number of aryl methyl sites for hydroxylation is 1. The van der Waals surface area contributed by atoms with Gasteiger partial charge in [-0.3, -0.25) is 4.79 Å². The molecule has 8 heteroatoms. The van der Waals surface area contributed by atoms with E-state index in [2.05, 4.69) is 17.1 Å². The minimum atomic E-state index is -0.441. The topological polar surface area (TPSA) is 72.9 Å². The van der Waals surface area contributed by atoms with Crippen LogP contribution in [0.4, 0.5) is 5.13 Å². The van der Waals surface area contributed by atoms with Crippen LogP contribution in [-0.2, 0) is 20.7 Å². The number of hydrogen-bond donors (Lipinski definition) is 1. The molecule has 1 N–H and O–H groups in total. The molecule has 2 fully saturated rings. The van der Waals surface area contributed by atoms with Crippen molar-refractivity contribution in [3.8, 4) is 5.75 Å². The van der Waals surface area contributed by atoms with Gasteiger partial charge in [0.15, 0.2) is 11.4 Å². The summed E-state index contributed by atoms with van der Waals surface area (Å²) in [5.74, 6) is 1.39. The van der Waals surface area contributed by atoms with E-state index < -0.39 is 6.23 Å². The Hall–Kier alpha value is -2.16. The molecule has 1 aliphatic carbocycles. The second kappa shape index (κ2) is 10.2. The maximum Gasteiger partial charge on any atom is 0.209 e. The molecule has 30 heavy (non-hydrogen) atoms. The second-order valence-corrected chi connectivity index (χ2v) is 8.89. The van der Waals surface area contributed by atoms with Crippen molar-refractivity contribution < 1.29 is 19.0 Å². The first-order chi connectivity index (χ1) is 14.7. The first kappa shape index (κ1) is 21.1. The van der Waals surface area contributed by atoms with Crippen molar-refractivity contribution in [3.05, 3.63) is 40.4 Å². The summed E-state index contributed by atoms with van der Waals surface area (Å²) in [5, 5.41) is 3.82. The molecule has 4 rings (SSSR count). The fourth-order valence-corrected chi connectivity index (χ4v) is 4.39. The SMILES string of the molecule is Cc1sc(N2CCOCC2)nc1CCOc1cccc(C(NC=O)OCC2CC2)c1. The highest BCUT2D eigenvalue weighted by atomic mass is 32.1. The number of morpholine rings is 1. The third-order valence-electron chi connectivity index (χ3n) is 5.35. The zero-order valence-corrected chi connectivity index (χ0v) is 18.2. The Kier molecular flexibility index (Phi) is 7.20. The summed E-state index contributed by atoms with van der Waals surface area (Å²) in [6.07, 6.45) is 3.41. The van der Waals surface area contributed by atoms with E-state index >= 15 is 0 Å². The number of nitrogens with one attached hydrogen (secondary N) is 1. The number of ether oxygens (including phenoxy) is 3. The monoisotopic (exact) mass is 431 g/mol. The van der Waals surface area contributed by atoms with Gasteiger partial charge in [-0.1, -0.05) is 12.1 Å². The Bertz CT molecular complexity index is 834. The van der Waals surface area contributed by atoms with Crippen molar-refractivity contribution in [2.24, 2.45) is 5.92 Å². The number of benzene rings is 1. The highest BCUT2D eigenvalue weighted by molar-refractivity contribution is 7.15. The molecule has 2 aromatic rings. The Morgan fingerprint density at radius 2 is 2.20 bits per heavy atom. The minimum absolute atomic E-state index is 0.441. The quantitative estimate of drug-likeness (QED) is 0.435. The van der Waals surface area contributed by atoms with E-state index in [-0.39, 0.29) is 0 Å². The predicted octanol–water partition coefficient (Wildman–Crippen LogP) is 3.08. The summed E-state index contributed by atoms with van der Waals surface area (Å²) in [7, 11) is 0. The lowest BCUT2D eigenvalue weighted by Crippen LogP contribution is -2.36. The van der Waals surface area contributed by atoms with Gasteiger partial charge in [-0.25, -0.2) is 4.98 Å². The van der Waals surface area contributed by atoms with Gasteiger partial charge in [0, 0.05) is 30.0 Å². The van der Waals surface area contributed by atoms with Crippen LogP contribution in [0.3, 0.4) is 0 Å². The van der Waals surface area contributed by atoms with E-state index in [4.69, 9.17) is 19.2 Å². The molecule has 0 spiro atoms. The normalized spacial score (nSPS) is 17.6. The minimum Gasteiger partial charge on any atom is -0.493 e. The molecule has 7 nitrogen and oxygen atoms in total. The van der Waals surface area contributed by atoms with Crippen molar-refractivity contribution in [2.75, 3.05) is 44.4 Å². The van der Waals surface area contributed by atoms with Crippen molar-refractivity contribution >= 4 is 22.9 Å². The van der Waals surface area contributed by atoms with Crippen molar-refractivity contribution in [3.63, 3.8) is 0 Å². The molecular formula is C22H29N3O4S. The molecule has 0 bridgehead atoms. The van der Waals surface area contributed by atoms with E-state index in [0.717, 1.165) is 54.9 Å². The average Bonchev–Trinajstić information content (AvgIpc) is 3.53. The summed E-state index contributed by atoms with van der Waals surface area (Å²) in [6, 6.07) is 7.73. The number of rotatable bonds is 11. The fraction of sp³-hybridized carbons (Fsp3) is 0.545. The van der Waals surface area contributed by atoms with Crippen LogP contribution < -0.4 is 15.0 Å². The fourth-order valence-electron chi connectivity index (χ4n) is 3.39. The first-order valence-corrected chi connectivity index (χ1v) is 11.4. The van der Waals surface area contributed by atoms with Gasteiger partial charge in [0.05, 0.1) is 32.1 Å². The van der Waals surface area contributed by atoms with Gasteiger partial charge < -0.3 is 24.4 Å². The molecule has 162 valence electrons. The number of anilines is 1. The van der Waals surface area contributed by atoms with Gasteiger partial charge in [-0.2, -0.15) is 0 Å². The molecule has 1 saturated heterocycles. The van der Waals surface area contributed by atoms with Gasteiger partial charge >= 0.3 is 0 Å². The molecule has 1 atom stereocenters. The molecule has 1 amide bonds. The maximum absolute atomic E-state index is 11.0. The summed E-state index contributed by atoms with van der Waals surface area (Å²) < 4.78 is 17.3. The third-order valence-corrected chi connectivity index (χ3v) is 6.42. The lowest BCUT2D eigenvalue weighted by Gasteiger charge is -2.26. The van der Waals surface area contributed by atoms with Crippen LogP contribution >= 0.6 is 11.3 Å².